The number of nitrogens with zero attached hydrogens (tertiary/aromatic N) is 1. The van der Waals surface area contributed by atoms with Crippen molar-refractivity contribution in [2.75, 3.05) is 5.32 Å². The van der Waals surface area contributed by atoms with E-state index in [4.69, 9.17) is 0 Å². The minimum atomic E-state index is -0.582. The third-order valence-electron chi connectivity index (χ3n) is 3.67. The van der Waals surface area contributed by atoms with E-state index < -0.39 is 11.0 Å². The van der Waals surface area contributed by atoms with Crippen molar-refractivity contribution in [1.82, 2.24) is 0 Å². The first-order chi connectivity index (χ1) is 10.1. The van der Waals surface area contributed by atoms with Crippen LogP contribution in [0.1, 0.15) is 17.2 Å². The predicted molar refractivity (Wildman–Crippen MR) is 88.3 cm³/mol. The quantitative estimate of drug-likeness (QED) is 0.475. The first-order valence-electron chi connectivity index (χ1n) is 6.52. The fourth-order valence-electron chi connectivity index (χ4n) is 2.69. The van der Waals surface area contributed by atoms with Gasteiger partial charge < -0.3 is 10.4 Å². The molecule has 0 amide bonds. The molecule has 3 rings (SSSR count). The van der Waals surface area contributed by atoms with Crippen LogP contribution in [-0.4, -0.2) is 16.1 Å². The number of anilines is 1. The van der Waals surface area contributed by atoms with Crippen LogP contribution in [0.4, 0.5) is 11.4 Å². The Hall–Kier alpha value is -1.67. The monoisotopic (exact) mass is 396 g/mol. The maximum Gasteiger partial charge on any atom is 0.293 e. The van der Waals surface area contributed by atoms with Crippen LogP contribution in [0.15, 0.2) is 42.5 Å². The number of halogens is 1. The van der Waals surface area contributed by atoms with Gasteiger partial charge in [-0.1, -0.05) is 24.3 Å². The van der Waals surface area contributed by atoms with E-state index in [1.807, 2.05) is 52.9 Å². The fraction of sp³-hybridized carbons (Fsp3) is 0.200. The Morgan fingerprint density at radius 1 is 1.29 bits per heavy atom. The van der Waals surface area contributed by atoms with Crippen molar-refractivity contribution in [3.63, 3.8) is 0 Å². The van der Waals surface area contributed by atoms with E-state index in [9.17, 15) is 15.2 Å². The van der Waals surface area contributed by atoms with E-state index in [0.717, 1.165) is 14.7 Å². The van der Waals surface area contributed by atoms with Crippen molar-refractivity contribution >= 4 is 34.0 Å². The molecule has 0 unspecified atom stereocenters. The fourth-order valence-corrected chi connectivity index (χ4v) is 3.17. The second kappa shape index (κ2) is 5.61. The van der Waals surface area contributed by atoms with Gasteiger partial charge in [0.15, 0.2) is 0 Å². The molecule has 0 bridgehead atoms. The Kier molecular flexibility index (Phi) is 3.81. The lowest BCUT2D eigenvalue weighted by Crippen LogP contribution is -2.21. The van der Waals surface area contributed by atoms with Crippen LogP contribution < -0.4 is 5.32 Å². The summed E-state index contributed by atoms with van der Waals surface area (Å²) in [6.45, 7) is 0. The predicted octanol–water partition coefficient (Wildman–Crippen LogP) is 3.27. The maximum absolute atomic E-state index is 11.2. The molecule has 2 aromatic rings. The van der Waals surface area contributed by atoms with Crippen LogP contribution >= 0.6 is 22.6 Å². The van der Waals surface area contributed by atoms with Gasteiger partial charge in [-0.05, 0) is 45.9 Å². The highest BCUT2D eigenvalue weighted by atomic mass is 127. The largest absolute Gasteiger partial charge is 0.390 e. The molecule has 0 radical (unpaired) electrons. The summed E-state index contributed by atoms with van der Waals surface area (Å²) < 4.78 is 0.803. The minimum absolute atomic E-state index is 0.0264. The minimum Gasteiger partial charge on any atom is -0.390 e. The van der Waals surface area contributed by atoms with Gasteiger partial charge in [0.25, 0.3) is 5.69 Å². The molecule has 5 nitrogen and oxygen atoms in total. The number of nitrogens with one attached hydrogen (secondary N) is 1. The zero-order valence-corrected chi connectivity index (χ0v) is 13.1. The lowest BCUT2D eigenvalue weighted by atomic mass is 10.1. The zero-order chi connectivity index (χ0) is 15.0. The summed E-state index contributed by atoms with van der Waals surface area (Å²) in [6, 6.07) is 12.5. The van der Waals surface area contributed by atoms with Crippen LogP contribution in [0.5, 0.6) is 0 Å². The normalized spacial score (nSPS) is 20.1. The zero-order valence-electron chi connectivity index (χ0n) is 11.0. The molecular weight excluding hydrogens is 383 g/mol. The summed E-state index contributed by atoms with van der Waals surface area (Å²) in [4.78, 5) is 10.8. The smallest absolute Gasteiger partial charge is 0.293 e. The van der Waals surface area contributed by atoms with Crippen molar-refractivity contribution in [3.05, 3.63) is 67.3 Å². The molecule has 0 fully saturated rings. The summed E-state index contributed by atoms with van der Waals surface area (Å²) in [5, 5.41) is 24.5. The number of hydrogen-bond acceptors (Lipinski definition) is 4. The van der Waals surface area contributed by atoms with Gasteiger partial charge >= 0.3 is 0 Å². The highest BCUT2D eigenvalue weighted by Crippen LogP contribution is 2.36. The SMILES string of the molecule is O=[N+]([O-])c1cc(I)ccc1N[C@H]1c2ccccc2C[C@H]1O. The van der Waals surface area contributed by atoms with Crippen molar-refractivity contribution in [2.24, 2.45) is 0 Å². The van der Waals surface area contributed by atoms with Crippen LogP contribution in [0.2, 0.25) is 0 Å². The van der Waals surface area contributed by atoms with Gasteiger partial charge in [-0.15, -0.1) is 0 Å². The molecule has 6 heteroatoms. The van der Waals surface area contributed by atoms with E-state index >= 15 is 0 Å². The molecule has 0 aliphatic heterocycles. The molecule has 0 spiro atoms. The van der Waals surface area contributed by atoms with E-state index in [1.165, 1.54) is 6.07 Å². The van der Waals surface area contributed by atoms with Crippen molar-refractivity contribution in [2.45, 2.75) is 18.6 Å². The molecule has 21 heavy (non-hydrogen) atoms. The Balaban J connectivity index is 1.96. The molecular formula is C15H13IN2O3. The molecule has 0 saturated carbocycles. The number of nitro benzene ring substituents is 1. The molecule has 0 heterocycles. The van der Waals surface area contributed by atoms with Crippen LogP contribution in [0, 0.1) is 13.7 Å². The highest BCUT2D eigenvalue weighted by molar-refractivity contribution is 14.1. The Bertz CT molecular complexity index is 705. The number of aliphatic hydroxyl groups is 1. The van der Waals surface area contributed by atoms with Crippen LogP contribution in [-0.2, 0) is 6.42 Å². The van der Waals surface area contributed by atoms with Gasteiger partial charge in [-0.3, -0.25) is 10.1 Å². The average Bonchev–Trinajstić information content (AvgIpc) is 2.77. The summed E-state index contributed by atoms with van der Waals surface area (Å²) in [6.07, 6.45) is -0.0206. The molecule has 0 aromatic heterocycles. The van der Waals surface area contributed by atoms with Crippen molar-refractivity contribution in [1.29, 1.82) is 0 Å². The molecule has 2 N–H and O–H groups in total. The van der Waals surface area contributed by atoms with E-state index in [1.54, 1.807) is 6.07 Å². The third-order valence-corrected chi connectivity index (χ3v) is 4.34. The Morgan fingerprint density at radius 3 is 2.81 bits per heavy atom. The number of aliphatic hydroxyl groups excluding tert-OH is 1. The second-order valence-corrected chi connectivity index (χ2v) is 6.26. The van der Waals surface area contributed by atoms with Crippen LogP contribution in [0.3, 0.4) is 0 Å². The maximum atomic E-state index is 11.2. The second-order valence-electron chi connectivity index (χ2n) is 5.01. The van der Waals surface area contributed by atoms with Gasteiger partial charge in [-0.25, -0.2) is 0 Å². The van der Waals surface area contributed by atoms with Crippen LogP contribution in [0.25, 0.3) is 0 Å². The summed E-state index contributed by atoms with van der Waals surface area (Å²) in [5.41, 5.74) is 2.54. The van der Waals surface area contributed by atoms with E-state index in [0.29, 0.717) is 12.1 Å². The standard InChI is InChI=1S/C15H13IN2O3/c16-10-5-6-12(13(8-10)18(20)21)17-15-11-4-2-1-3-9(11)7-14(15)19/h1-6,8,14-15,17,19H,7H2/t14-,15+/m1/s1. The number of fused-ring (bicyclic) bond motifs is 1. The number of hydrogen-bond donors (Lipinski definition) is 2. The Labute approximate surface area is 135 Å². The lowest BCUT2D eigenvalue weighted by molar-refractivity contribution is -0.384. The number of rotatable bonds is 3. The molecule has 2 aromatic carbocycles. The van der Waals surface area contributed by atoms with Gasteiger partial charge in [0.1, 0.15) is 5.69 Å². The number of nitro groups is 1. The Morgan fingerprint density at radius 2 is 2.05 bits per heavy atom. The van der Waals surface area contributed by atoms with E-state index in [-0.39, 0.29) is 11.7 Å². The molecule has 1 aliphatic rings. The molecule has 0 saturated heterocycles. The molecule has 1 aliphatic carbocycles. The van der Waals surface area contributed by atoms with Gasteiger partial charge in [0, 0.05) is 16.1 Å². The van der Waals surface area contributed by atoms with Gasteiger partial charge in [0.05, 0.1) is 17.1 Å². The first kappa shape index (κ1) is 14.3. The van der Waals surface area contributed by atoms with E-state index in [2.05, 4.69) is 5.32 Å². The average molecular weight is 396 g/mol. The van der Waals surface area contributed by atoms with Gasteiger partial charge in [0.2, 0.25) is 0 Å². The van der Waals surface area contributed by atoms with Crippen molar-refractivity contribution < 1.29 is 10.0 Å². The summed E-state index contributed by atoms with van der Waals surface area (Å²) in [5.74, 6) is 0. The topological polar surface area (TPSA) is 75.4 Å². The first-order valence-corrected chi connectivity index (χ1v) is 7.60. The highest BCUT2D eigenvalue weighted by Gasteiger charge is 2.32. The molecule has 108 valence electrons. The van der Waals surface area contributed by atoms with Crippen molar-refractivity contribution in [3.8, 4) is 0 Å². The van der Waals surface area contributed by atoms with Gasteiger partial charge in [-0.2, -0.15) is 0 Å². The third kappa shape index (κ3) is 2.73. The summed E-state index contributed by atoms with van der Waals surface area (Å²) in [7, 11) is 0. The summed E-state index contributed by atoms with van der Waals surface area (Å²) >= 11 is 2.04. The number of benzene rings is 2. The lowest BCUT2D eigenvalue weighted by Gasteiger charge is -2.19. The molecule has 2 atom stereocenters.